The Kier molecular flexibility index (Phi) is 3.15. The molecule has 0 saturated carbocycles. The van der Waals surface area contributed by atoms with Crippen LogP contribution in [0.3, 0.4) is 0 Å². The molecule has 0 fully saturated rings. The summed E-state index contributed by atoms with van der Waals surface area (Å²) in [5, 5.41) is 0.352. The molecule has 1 heterocycles. The van der Waals surface area contributed by atoms with Crippen molar-refractivity contribution < 1.29 is 16.7 Å². The van der Waals surface area contributed by atoms with Gasteiger partial charge in [-0.3, -0.25) is 0 Å². The highest BCUT2D eigenvalue weighted by Crippen LogP contribution is 2.23. The van der Waals surface area contributed by atoms with Gasteiger partial charge >= 0.3 is 10.2 Å². The van der Waals surface area contributed by atoms with Crippen molar-refractivity contribution in [1.82, 2.24) is 4.98 Å². The lowest BCUT2D eigenvalue weighted by Gasteiger charge is -1.92. The van der Waals surface area contributed by atoms with Crippen LogP contribution in [0.15, 0.2) is 33.9 Å². The number of rotatable bonds is 4. The zero-order valence-electron chi connectivity index (χ0n) is 8.09. The lowest BCUT2D eigenvalue weighted by Crippen LogP contribution is -2.00. The van der Waals surface area contributed by atoms with E-state index in [1.54, 1.807) is 12.1 Å². The lowest BCUT2D eigenvalue weighted by atomic mass is 10.3. The smallest absolute Gasteiger partial charge is 0.303 e. The molecule has 7 heteroatoms. The van der Waals surface area contributed by atoms with Crippen LogP contribution in [0, 0.1) is 0 Å². The highest BCUT2D eigenvalue weighted by atomic mass is 32.3. The summed E-state index contributed by atoms with van der Waals surface area (Å²) >= 11 is 1.08. The molecule has 1 aromatic carbocycles. The van der Waals surface area contributed by atoms with Gasteiger partial charge in [-0.15, -0.1) is 3.89 Å². The number of oxazole rings is 1. The van der Waals surface area contributed by atoms with E-state index in [0.29, 0.717) is 16.3 Å². The number of para-hydroxylation sites is 2. The molecule has 0 aliphatic carbocycles. The fourth-order valence-electron chi connectivity index (χ4n) is 1.14. The minimum Gasteiger partial charge on any atom is -0.431 e. The molecule has 0 aliphatic heterocycles. The molecule has 2 rings (SSSR count). The lowest BCUT2D eigenvalue weighted by molar-refractivity contribution is 0.489. The van der Waals surface area contributed by atoms with Gasteiger partial charge in [0.05, 0.1) is 5.75 Å². The Hall–Kier alpha value is -1.08. The van der Waals surface area contributed by atoms with E-state index in [-0.39, 0.29) is 5.75 Å². The van der Waals surface area contributed by atoms with E-state index in [1.807, 2.05) is 12.1 Å². The number of aromatic nitrogens is 1. The summed E-state index contributed by atoms with van der Waals surface area (Å²) in [7, 11) is -4.41. The van der Waals surface area contributed by atoms with Crippen molar-refractivity contribution in [3.8, 4) is 0 Å². The van der Waals surface area contributed by atoms with Gasteiger partial charge in [0.1, 0.15) is 5.52 Å². The van der Waals surface area contributed by atoms with Gasteiger partial charge in [0, 0.05) is 5.75 Å². The van der Waals surface area contributed by atoms with Crippen LogP contribution in [0.5, 0.6) is 0 Å². The van der Waals surface area contributed by atoms with Crippen LogP contribution in [0.25, 0.3) is 11.1 Å². The molecule has 2 aromatic rings. The van der Waals surface area contributed by atoms with Gasteiger partial charge in [-0.25, -0.2) is 4.98 Å². The van der Waals surface area contributed by atoms with E-state index < -0.39 is 16.0 Å². The van der Waals surface area contributed by atoms with E-state index in [0.717, 1.165) is 11.8 Å². The molecule has 0 amide bonds. The number of hydrogen-bond donors (Lipinski definition) is 0. The number of benzene rings is 1. The van der Waals surface area contributed by atoms with Crippen LogP contribution < -0.4 is 0 Å². The van der Waals surface area contributed by atoms with Crippen LogP contribution in [0.1, 0.15) is 0 Å². The van der Waals surface area contributed by atoms with Crippen molar-refractivity contribution in [2.75, 3.05) is 11.5 Å². The highest BCUT2D eigenvalue weighted by molar-refractivity contribution is 8.00. The Morgan fingerprint density at radius 1 is 1.38 bits per heavy atom. The monoisotopic (exact) mass is 261 g/mol. The second-order valence-corrected chi connectivity index (χ2v) is 5.57. The average molecular weight is 261 g/mol. The minimum atomic E-state index is -4.41. The van der Waals surface area contributed by atoms with Crippen molar-refractivity contribution in [2.24, 2.45) is 0 Å². The predicted octanol–water partition coefficient (Wildman–Crippen LogP) is 2.22. The van der Waals surface area contributed by atoms with Gasteiger partial charge in [0.25, 0.3) is 5.22 Å². The molecule has 86 valence electrons. The third kappa shape index (κ3) is 2.96. The summed E-state index contributed by atoms with van der Waals surface area (Å²) < 4.78 is 38.0. The van der Waals surface area contributed by atoms with Gasteiger partial charge in [-0.2, -0.15) is 8.42 Å². The molecule has 1 aromatic heterocycles. The largest absolute Gasteiger partial charge is 0.431 e. The first kappa shape index (κ1) is 11.4. The molecule has 0 saturated heterocycles. The summed E-state index contributed by atoms with van der Waals surface area (Å²) in [6.07, 6.45) is 0. The number of fused-ring (bicyclic) bond motifs is 1. The predicted molar refractivity (Wildman–Crippen MR) is 59.6 cm³/mol. The number of halogens is 1. The molecule has 16 heavy (non-hydrogen) atoms. The van der Waals surface area contributed by atoms with Gasteiger partial charge in [-0.05, 0) is 12.1 Å². The van der Waals surface area contributed by atoms with Crippen molar-refractivity contribution in [3.05, 3.63) is 24.3 Å². The topological polar surface area (TPSA) is 60.2 Å². The number of thioether (sulfide) groups is 1. The summed E-state index contributed by atoms with van der Waals surface area (Å²) in [6.45, 7) is 0. The molecule has 0 radical (unpaired) electrons. The Labute approximate surface area is 96.1 Å². The molecule has 0 bridgehead atoms. The van der Waals surface area contributed by atoms with Gasteiger partial charge in [0.2, 0.25) is 0 Å². The highest BCUT2D eigenvalue weighted by Gasteiger charge is 2.10. The number of hydrogen-bond acceptors (Lipinski definition) is 5. The third-order valence-corrected chi connectivity index (χ3v) is 3.61. The van der Waals surface area contributed by atoms with Crippen molar-refractivity contribution in [2.45, 2.75) is 5.22 Å². The van der Waals surface area contributed by atoms with E-state index in [4.69, 9.17) is 4.42 Å². The van der Waals surface area contributed by atoms with E-state index >= 15 is 0 Å². The quantitative estimate of drug-likeness (QED) is 0.624. The standard InChI is InChI=1S/C9H8FNO3S2/c10-16(12,13)6-5-15-9-11-7-3-1-2-4-8(7)14-9/h1-4H,5-6H2. The van der Waals surface area contributed by atoms with Gasteiger partial charge in [0.15, 0.2) is 5.58 Å². The van der Waals surface area contributed by atoms with E-state index in [1.165, 1.54) is 0 Å². The van der Waals surface area contributed by atoms with Crippen molar-refractivity contribution >= 4 is 33.1 Å². The van der Waals surface area contributed by atoms with Crippen molar-refractivity contribution in [3.63, 3.8) is 0 Å². The van der Waals surface area contributed by atoms with Crippen molar-refractivity contribution in [1.29, 1.82) is 0 Å². The van der Waals surface area contributed by atoms with Gasteiger partial charge < -0.3 is 4.42 Å². The van der Waals surface area contributed by atoms with E-state index in [2.05, 4.69) is 4.98 Å². The Morgan fingerprint density at radius 2 is 2.12 bits per heavy atom. The second kappa shape index (κ2) is 4.42. The average Bonchev–Trinajstić information content (AvgIpc) is 2.57. The fraction of sp³-hybridized carbons (Fsp3) is 0.222. The first-order valence-electron chi connectivity index (χ1n) is 4.45. The fourth-order valence-corrected chi connectivity index (χ4v) is 2.76. The Bertz CT molecular complexity index is 561. The zero-order valence-corrected chi connectivity index (χ0v) is 9.72. The number of nitrogens with zero attached hydrogens (tertiary/aromatic N) is 1. The Morgan fingerprint density at radius 3 is 2.81 bits per heavy atom. The summed E-state index contributed by atoms with van der Waals surface area (Å²) in [4.78, 5) is 4.11. The SMILES string of the molecule is O=S(=O)(F)CCSc1nc2ccccc2o1. The van der Waals surface area contributed by atoms with Crippen LogP contribution in [0.4, 0.5) is 3.89 Å². The van der Waals surface area contributed by atoms with Crippen LogP contribution >= 0.6 is 11.8 Å². The Balaban J connectivity index is 2.05. The molecular weight excluding hydrogens is 253 g/mol. The summed E-state index contributed by atoms with van der Waals surface area (Å²) in [5.74, 6) is -0.442. The maximum absolute atomic E-state index is 12.2. The van der Waals surface area contributed by atoms with Crippen LogP contribution in [0.2, 0.25) is 0 Å². The van der Waals surface area contributed by atoms with E-state index in [9.17, 15) is 12.3 Å². The maximum atomic E-state index is 12.2. The van der Waals surface area contributed by atoms with Crippen LogP contribution in [-0.2, 0) is 10.2 Å². The first-order chi connectivity index (χ1) is 7.54. The second-order valence-electron chi connectivity index (χ2n) is 3.04. The maximum Gasteiger partial charge on any atom is 0.303 e. The zero-order chi connectivity index (χ0) is 11.6. The molecule has 0 aliphatic rings. The normalized spacial score (nSPS) is 12.1. The van der Waals surface area contributed by atoms with Crippen LogP contribution in [-0.4, -0.2) is 24.9 Å². The summed E-state index contributed by atoms with van der Waals surface area (Å²) in [6, 6.07) is 7.19. The third-order valence-electron chi connectivity index (χ3n) is 1.83. The molecule has 4 nitrogen and oxygen atoms in total. The van der Waals surface area contributed by atoms with Gasteiger partial charge in [-0.1, -0.05) is 23.9 Å². The molecule has 0 spiro atoms. The molecular formula is C9H8FNO3S2. The molecule has 0 unspecified atom stereocenters. The molecule has 0 N–H and O–H groups in total. The molecule has 0 atom stereocenters. The summed E-state index contributed by atoms with van der Waals surface area (Å²) in [5.41, 5.74) is 1.33. The first-order valence-corrected chi connectivity index (χ1v) is 6.99. The minimum absolute atomic E-state index is 0.0889.